The van der Waals surface area contributed by atoms with E-state index in [0.29, 0.717) is 17.9 Å². The van der Waals surface area contributed by atoms with Crippen LogP contribution < -0.4 is 10.6 Å². The number of hydrogen-bond donors (Lipinski definition) is 2. The third kappa shape index (κ3) is 6.41. The van der Waals surface area contributed by atoms with Crippen LogP contribution in [0.5, 0.6) is 0 Å². The van der Waals surface area contributed by atoms with Gasteiger partial charge in [-0.2, -0.15) is 0 Å². The van der Waals surface area contributed by atoms with E-state index in [0.717, 1.165) is 31.2 Å². The molecule has 35 heavy (non-hydrogen) atoms. The number of hydrogen-bond acceptors (Lipinski definition) is 5. The average Bonchev–Trinajstić information content (AvgIpc) is 3.64. The van der Waals surface area contributed by atoms with E-state index in [9.17, 15) is 14.4 Å². The molecule has 3 aromatic rings. The first kappa shape index (κ1) is 24.3. The largest absolute Gasteiger partial charge is 0.464 e. The minimum absolute atomic E-state index is 0.0887. The van der Waals surface area contributed by atoms with E-state index < -0.39 is 11.9 Å². The highest BCUT2D eigenvalue weighted by Gasteiger charge is 2.35. The molecule has 1 fully saturated rings. The predicted octanol–water partition coefficient (Wildman–Crippen LogP) is 3.78. The number of nitrogens with zero attached hydrogens (tertiary/aromatic N) is 1. The molecule has 0 saturated heterocycles. The van der Waals surface area contributed by atoms with Crippen LogP contribution in [0.4, 0.5) is 0 Å². The second-order valence-electron chi connectivity index (χ2n) is 8.82. The summed E-state index contributed by atoms with van der Waals surface area (Å²) in [6.45, 7) is 1.80. The first-order chi connectivity index (χ1) is 17.0. The standard InChI is InChI=1S/C27H31N3O5/c1-19-13-14-22(35-19)25(27(33)29-21-10-5-6-11-21)30(16-15-20-8-3-2-4-9-20)24(31)18-28-26(32)23-12-7-17-34-23/h2-4,7-9,12-14,17,21,25H,5-6,10-11,15-16,18H2,1H3,(H,28,32)(H,29,33)/t25-/m0/s1. The summed E-state index contributed by atoms with van der Waals surface area (Å²) >= 11 is 0. The molecule has 4 rings (SSSR count). The molecule has 8 heteroatoms. The summed E-state index contributed by atoms with van der Waals surface area (Å²) in [6, 6.07) is 15.5. The highest BCUT2D eigenvalue weighted by molar-refractivity contribution is 5.95. The molecule has 0 bridgehead atoms. The summed E-state index contributed by atoms with van der Waals surface area (Å²) < 4.78 is 11.0. The lowest BCUT2D eigenvalue weighted by atomic mass is 10.1. The van der Waals surface area contributed by atoms with E-state index in [-0.39, 0.29) is 36.7 Å². The van der Waals surface area contributed by atoms with Crippen LogP contribution in [-0.4, -0.2) is 41.8 Å². The molecule has 1 aliphatic rings. The number of aryl methyl sites for hydroxylation is 1. The molecule has 0 radical (unpaired) electrons. The summed E-state index contributed by atoms with van der Waals surface area (Å²) in [5, 5.41) is 5.71. The van der Waals surface area contributed by atoms with E-state index in [1.165, 1.54) is 17.2 Å². The molecule has 0 aliphatic heterocycles. The van der Waals surface area contributed by atoms with Crippen molar-refractivity contribution in [2.24, 2.45) is 0 Å². The lowest BCUT2D eigenvalue weighted by molar-refractivity contribution is -0.141. The van der Waals surface area contributed by atoms with Crippen molar-refractivity contribution in [3.8, 4) is 0 Å². The first-order valence-electron chi connectivity index (χ1n) is 12.0. The smallest absolute Gasteiger partial charge is 0.287 e. The fraction of sp³-hybridized carbons (Fsp3) is 0.370. The van der Waals surface area contributed by atoms with Crippen molar-refractivity contribution in [3.63, 3.8) is 0 Å². The van der Waals surface area contributed by atoms with Gasteiger partial charge in [0.05, 0.1) is 12.8 Å². The molecule has 8 nitrogen and oxygen atoms in total. The Balaban J connectivity index is 1.57. The molecule has 1 aromatic carbocycles. The summed E-state index contributed by atoms with van der Waals surface area (Å²) in [5.74, 6) is 0.0153. The molecule has 1 saturated carbocycles. The normalized spacial score (nSPS) is 14.4. The number of nitrogens with one attached hydrogen (secondary N) is 2. The predicted molar refractivity (Wildman–Crippen MR) is 129 cm³/mol. The second-order valence-corrected chi connectivity index (χ2v) is 8.82. The summed E-state index contributed by atoms with van der Waals surface area (Å²) in [4.78, 5) is 40.8. The van der Waals surface area contributed by atoms with Crippen molar-refractivity contribution in [1.29, 1.82) is 0 Å². The van der Waals surface area contributed by atoms with Crippen molar-refractivity contribution in [3.05, 3.63) is 83.7 Å². The van der Waals surface area contributed by atoms with Crippen LogP contribution in [0, 0.1) is 6.92 Å². The van der Waals surface area contributed by atoms with Crippen molar-refractivity contribution in [2.75, 3.05) is 13.1 Å². The average molecular weight is 478 g/mol. The Morgan fingerprint density at radius 2 is 1.80 bits per heavy atom. The van der Waals surface area contributed by atoms with Gasteiger partial charge in [0, 0.05) is 12.6 Å². The molecule has 0 unspecified atom stereocenters. The number of benzene rings is 1. The Labute approximate surface area is 204 Å². The molecular formula is C27H31N3O5. The van der Waals surface area contributed by atoms with Crippen molar-refractivity contribution in [1.82, 2.24) is 15.5 Å². The SMILES string of the molecule is Cc1ccc([C@@H](C(=O)NC2CCCC2)N(CCc2ccccc2)C(=O)CNC(=O)c2ccco2)o1. The van der Waals surface area contributed by atoms with Crippen LogP contribution in [0.2, 0.25) is 0 Å². The van der Waals surface area contributed by atoms with Crippen LogP contribution in [0.1, 0.15) is 59.4 Å². The second kappa shape index (κ2) is 11.6. The number of rotatable bonds is 10. The van der Waals surface area contributed by atoms with Gasteiger partial charge in [-0.25, -0.2) is 0 Å². The monoisotopic (exact) mass is 477 g/mol. The maximum Gasteiger partial charge on any atom is 0.287 e. The van der Waals surface area contributed by atoms with Crippen molar-refractivity contribution < 1.29 is 23.2 Å². The third-order valence-corrected chi connectivity index (χ3v) is 6.24. The zero-order chi connectivity index (χ0) is 24.6. The van der Waals surface area contributed by atoms with Gasteiger partial charge in [-0.1, -0.05) is 43.2 Å². The van der Waals surface area contributed by atoms with E-state index in [2.05, 4.69) is 10.6 Å². The maximum atomic E-state index is 13.5. The molecule has 0 spiro atoms. The Morgan fingerprint density at radius 1 is 1.03 bits per heavy atom. The quantitative estimate of drug-likeness (QED) is 0.462. The Kier molecular flexibility index (Phi) is 8.03. The lowest BCUT2D eigenvalue weighted by Crippen LogP contribution is -2.49. The molecule has 1 aliphatic carbocycles. The van der Waals surface area contributed by atoms with E-state index in [4.69, 9.17) is 8.83 Å². The Hall–Kier alpha value is -3.81. The van der Waals surface area contributed by atoms with Crippen LogP contribution >= 0.6 is 0 Å². The maximum absolute atomic E-state index is 13.5. The zero-order valence-corrected chi connectivity index (χ0v) is 19.9. The Bertz CT molecular complexity index is 1120. The molecule has 1 atom stereocenters. The molecule has 2 heterocycles. The topological polar surface area (TPSA) is 105 Å². The number of carbonyl (C=O) groups is 3. The van der Waals surface area contributed by atoms with Gasteiger partial charge >= 0.3 is 0 Å². The fourth-order valence-electron chi connectivity index (χ4n) is 4.42. The highest BCUT2D eigenvalue weighted by Crippen LogP contribution is 2.26. The van der Waals surface area contributed by atoms with Crippen LogP contribution in [0.15, 0.2) is 69.7 Å². The molecule has 3 amide bonds. The van der Waals surface area contributed by atoms with Gasteiger partial charge in [0.1, 0.15) is 11.5 Å². The van der Waals surface area contributed by atoms with Crippen molar-refractivity contribution in [2.45, 2.75) is 51.1 Å². The third-order valence-electron chi connectivity index (χ3n) is 6.24. The van der Waals surface area contributed by atoms with E-state index >= 15 is 0 Å². The molecular weight excluding hydrogens is 446 g/mol. The van der Waals surface area contributed by atoms with Crippen LogP contribution in [0.25, 0.3) is 0 Å². The van der Waals surface area contributed by atoms with Gasteiger partial charge in [-0.05, 0) is 56.0 Å². The molecule has 2 aromatic heterocycles. The van der Waals surface area contributed by atoms with Gasteiger partial charge in [0.25, 0.3) is 11.8 Å². The lowest BCUT2D eigenvalue weighted by Gasteiger charge is -2.31. The number of carbonyl (C=O) groups excluding carboxylic acids is 3. The van der Waals surface area contributed by atoms with Gasteiger partial charge < -0.3 is 24.4 Å². The summed E-state index contributed by atoms with van der Waals surface area (Å²) in [6.07, 6.45) is 5.94. The van der Waals surface area contributed by atoms with E-state index in [1.54, 1.807) is 25.1 Å². The minimum Gasteiger partial charge on any atom is -0.464 e. The number of amides is 3. The Morgan fingerprint density at radius 3 is 2.46 bits per heavy atom. The molecule has 184 valence electrons. The number of furan rings is 2. The van der Waals surface area contributed by atoms with Crippen molar-refractivity contribution >= 4 is 17.7 Å². The fourth-order valence-corrected chi connectivity index (χ4v) is 4.42. The van der Waals surface area contributed by atoms with Crippen LogP contribution in [-0.2, 0) is 16.0 Å². The zero-order valence-electron chi connectivity index (χ0n) is 19.9. The van der Waals surface area contributed by atoms with Gasteiger partial charge in [0.2, 0.25) is 5.91 Å². The van der Waals surface area contributed by atoms with Gasteiger partial charge in [-0.3, -0.25) is 14.4 Å². The van der Waals surface area contributed by atoms with E-state index in [1.807, 2.05) is 30.3 Å². The summed E-state index contributed by atoms with van der Waals surface area (Å²) in [7, 11) is 0. The first-order valence-corrected chi connectivity index (χ1v) is 12.0. The van der Waals surface area contributed by atoms with Crippen LogP contribution in [0.3, 0.4) is 0 Å². The highest BCUT2D eigenvalue weighted by atomic mass is 16.3. The molecule has 2 N–H and O–H groups in total. The van der Waals surface area contributed by atoms with Gasteiger partial charge in [0.15, 0.2) is 11.8 Å². The van der Waals surface area contributed by atoms with Gasteiger partial charge in [-0.15, -0.1) is 0 Å². The minimum atomic E-state index is -0.943. The summed E-state index contributed by atoms with van der Waals surface area (Å²) in [5.41, 5.74) is 1.04.